The first kappa shape index (κ1) is 19.3. The summed E-state index contributed by atoms with van der Waals surface area (Å²) in [4.78, 5) is 13.3. The van der Waals surface area contributed by atoms with Crippen LogP contribution >= 0.6 is 0 Å². The molecule has 0 saturated carbocycles. The molecule has 0 aliphatic carbocycles. The lowest BCUT2D eigenvalue weighted by Crippen LogP contribution is -2.41. The van der Waals surface area contributed by atoms with Gasteiger partial charge in [0.2, 0.25) is 0 Å². The second kappa shape index (κ2) is 13.3. The van der Waals surface area contributed by atoms with Crippen molar-refractivity contribution in [2.45, 2.75) is 33.2 Å². The van der Waals surface area contributed by atoms with Crippen molar-refractivity contribution >= 4 is 5.97 Å². The summed E-state index contributed by atoms with van der Waals surface area (Å²) in [6, 6.07) is -0.485. The predicted molar refractivity (Wildman–Crippen MR) is 79.1 cm³/mol. The van der Waals surface area contributed by atoms with Gasteiger partial charge in [-0.1, -0.05) is 6.92 Å². The summed E-state index contributed by atoms with van der Waals surface area (Å²) in [5, 5.41) is 12.1. The van der Waals surface area contributed by atoms with Crippen LogP contribution in [0, 0.1) is 0 Å². The molecule has 120 valence electrons. The van der Waals surface area contributed by atoms with Crippen molar-refractivity contribution in [1.29, 1.82) is 0 Å². The highest BCUT2D eigenvalue weighted by Gasteiger charge is 2.17. The molecule has 0 spiro atoms. The Labute approximate surface area is 122 Å². The van der Waals surface area contributed by atoms with Gasteiger partial charge in [0, 0.05) is 32.8 Å². The second-order valence-electron chi connectivity index (χ2n) is 4.47. The molecule has 2 N–H and O–H groups in total. The van der Waals surface area contributed by atoms with E-state index in [0.29, 0.717) is 39.4 Å². The topological polar surface area (TPSA) is 71.0 Å². The van der Waals surface area contributed by atoms with E-state index < -0.39 is 12.0 Å². The van der Waals surface area contributed by atoms with E-state index in [1.165, 1.54) is 0 Å². The molecule has 0 heterocycles. The molecule has 0 aromatic heterocycles. The lowest BCUT2D eigenvalue weighted by molar-refractivity contribution is -0.139. The molecule has 0 bridgehead atoms. The van der Waals surface area contributed by atoms with Crippen LogP contribution in [-0.4, -0.2) is 74.6 Å². The van der Waals surface area contributed by atoms with Gasteiger partial charge in [0.25, 0.3) is 0 Å². The molecular weight excluding hydrogens is 260 g/mol. The van der Waals surface area contributed by atoms with Crippen LogP contribution in [0.5, 0.6) is 0 Å². The maximum absolute atomic E-state index is 11.1. The number of aliphatic carboxylic acids is 1. The fourth-order valence-electron chi connectivity index (χ4n) is 1.88. The van der Waals surface area contributed by atoms with Crippen LogP contribution in [0.25, 0.3) is 0 Å². The minimum absolute atomic E-state index is 0.485. The van der Waals surface area contributed by atoms with Crippen LogP contribution in [0.2, 0.25) is 0 Å². The zero-order chi connectivity index (χ0) is 15.2. The zero-order valence-corrected chi connectivity index (χ0v) is 13.1. The molecule has 6 nitrogen and oxygen atoms in total. The number of ether oxygens (including phenoxy) is 2. The molecule has 6 heteroatoms. The van der Waals surface area contributed by atoms with Crippen LogP contribution in [-0.2, 0) is 14.3 Å². The third kappa shape index (κ3) is 10.1. The Bertz CT molecular complexity index is 229. The first-order valence-corrected chi connectivity index (χ1v) is 7.49. The molecule has 0 amide bonds. The van der Waals surface area contributed by atoms with Crippen molar-refractivity contribution in [2.24, 2.45) is 0 Å². The van der Waals surface area contributed by atoms with Gasteiger partial charge in [-0.2, -0.15) is 0 Å². The highest BCUT2D eigenvalue weighted by Crippen LogP contribution is 1.98. The number of hydrogen-bond donors (Lipinski definition) is 2. The van der Waals surface area contributed by atoms with Crippen molar-refractivity contribution in [3.05, 3.63) is 0 Å². The van der Waals surface area contributed by atoms with Crippen LogP contribution < -0.4 is 5.32 Å². The third-order valence-electron chi connectivity index (χ3n) is 2.99. The van der Waals surface area contributed by atoms with Crippen molar-refractivity contribution in [3.8, 4) is 0 Å². The summed E-state index contributed by atoms with van der Waals surface area (Å²) in [6.07, 6.45) is 0.585. The second-order valence-corrected chi connectivity index (χ2v) is 4.47. The van der Waals surface area contributed by atoms with Crippen LogP contribution in [0.1, 0.15) is 27.2 Å². The highest BCUT2D eigenvalue weighted by molar-refractivity contribution is 5.73. The van der Waals surface area contributed by atoms with Gasteiger partial charge in [-0.15, -0.1) is 0 Å². The SMILES string of the molecule is CCNC(CCN(CCOCC)CCOCC)C(=O)O. The highest BCUT2D eigenvalue weighted by atomic mass is 16.5. The molecule has 0 fully saturated rings. The van der Waals surface area contributed by atoms with Gasteiger partial charge in [0.05, 0.1) is 13.2 Å². The van der Waals surface area contributed by atoms with E-state index >= 15 is 0 Å². The van der Waals surface area contributed by atoms with E-state index in [9.17, 15) is 4.79 Å². The van der Waals surface area contributed by atoms with Gasteiger partial charge >= 0.3 is 5.97 Å². The number of nitrogens with zero attached hydrogens (tertiary/aromatic N) is 1. The first-order chi connectivity index (χ1) is 9.65. The molecular formula is C14H30N2O4. The van der Waals surface area contributed by atoms with Gasteiger partial charge in [-0.05, 0) is 26.8 Å². The van der Waals surface area contributed by atoms with Crippen molar-refractivity contribution in [1.82, 2.24) is 10.2 Å². The van der Waals surface area contributed by atoms with Crippen LogP contribution in [0.3, 0.4) is 0 Å². The molecule has 0 aromatic rings. The lowest BCUT2D eigenvalue weighted by Gasteiger charge is -2.24. The molecule has 0 aromatic carbocycles. The number of carbonyl (C=O) groups is 1. The van der Waals surface area contributed by atoms with Gasteiger partial charge < -0.3 is 19.9 Å². The molecule has 1 unspecified atom stereocenters. The van der Waals surface area contributed by atoms with E-state index in [-0.39, 0.29) is 0 Å². The largest absolute Gasteiger partial charge is 0.480 e. The molecule has 0 radical (unpaired) electrons. The van der Waals surface area contributed by atoms with Crippen molar-refractivity contribution in [3.63, 3.8) is 0 Å². The smallest absolute Gasteiger partial charge is 0.320 e. The first-order valence-electron chi connectivity index (χ1n) is 7.49. The Morgan fingerprint density at radius 2 is 1.65 bits per heavy atom. The Balaban J connectivity index is 4.12. The minimum atomic E-state index is -0.790. The fourth-order valence-corrected chi connectivity index (χ4v) is 1.88. The van der Waals surface area contributed by atoms with E-state index in [4.69, 9.17) is 14.6 Å². The Morgan fingerprint density at radius 1 is 1.10 bits per heavy atom. The van der Waals surface area contributed by atoms with Crippen LogP contribution in [0.15, 0.2) is 0 Å². The maximum atomic E-state index is 11.1. The monoisotopic (exact) mass is 290 g/mol. The molecule has 20 heavy (non-hydrogen) atoms. The summed E-state index contributed by atoms with van der Waals surface area (Å²) in [7, 11) is 0. The number of nitrogens with one attached hydrogen (secondary N) is 1. The standard InChI is InChI=1S/C14H30N2O4/c1-4-15-13(14(17)18)7-8-16(9-11-19-5-2)10-12-20-6-3/h13,15H,4-12H2,1-3H3,(H,17,18). The molecule has 1 atom stereocenters. The lowest BCUT2D eigenvalue weighted by atomic mass is 10.2. The van der Waals surface area contributed by atoms with Crippen molar-refractivity contribution < 1.29 is 19.4 Å². The minimum Gasteiger partial charge on any atom is -0.480 e. The average Bonchev–Trinajstić information content (AvgIpc) is 2.42. The van der Waals surface area contributed by atoms with Gasteiger partial charge in [0.1, 0.15) is 6.04 Å². The van der Waals surface area contributed by atoms with Gasteiger partial charge in [-0.25, -0.2) is 0 Å². The van der Waals surface area contributed by atoms with E-state index in [1.54, 1.807) is 0 Å². The molecule has 0 rings (SSSR count). The zero-order valence-electron chi connectivity index (χ0n) is 13.1. The fraction of sp³-hybridized carbons (Fsp3) is 0.929. The predicted octanol–water partition coefficient (Wildman–Crippen LogP) is 0.814. The number of rotatable bonds is 14. The summed E-state index contributed by atoms with van der Waals surface area (Å²) in [5.41, 5.74) is 0. The number of carboxylic acid groups (broad SMARTS) is 1. The maximum Gasteiger partial charge on any atom is 0.320 e. The quantitative estimate of drug-likeness (QED) is 0.461. The molecule has 0 saturated heterocycles. The Kier molecular flexibility index (Phi) is 12.8. The number of hydrogen-bond acceptors (Lipinski definition) is 5. The van der Waals surface area contributed by atoms with E-state index in [2.05, 4.69) is 10.2 Å². The average molecular weight is 290 g/mol. The molecule has 0 aliphatic heterocycles. The normalized spacial score (nSPS) is 12.8. The Morgan fingerprint density at radius 3 is 2.05 bits per heavy atom. The van der Waals surface area contributed by atoms with Crippen LogP contribution in [0.4, 0.5) is 0 Å². The van der Waals surface area contributed by atoms with E-state index in [0.717, 1.165) is 19.6 Å². The molecule has 0 aliphatic rings. The third-order valence-corrected chi connectivity index (χ3v) is 2.99. The Hall–Kier alpha value is -0.690. The summed E-state index contributed by atoms with van der Waals surface area (Å²) >= 11 is 0. The van der Waals surface area contributed by atoms with Gasteiger partial charge in [0.15, 0.2) is 0 Å². The number of carboxylic acids is 1. The van der Waals surface area contributed by atoms with Crippen molar-refractivity contribution in [2.75, 3.05) is 52.6 Å². The summed E-state index contributed by atoms with van der Waals surface area (Å²) in [6.45, 7) is 11.6. The summed E-state index contributed by atoms with van der Waals surface area (Å²) in [5.74, 6) is -0.790. The summed E-state index contributed by atoms with van der Waals surface area (Å²) < 4.78 is 10.7. The number of likely N-dealkylation sites (N-methyl/N-ethyl adjacent to an activating group) is 1. The van der Waals surface area contributed by atoms with Gasteiger partial charge in [-0.3, -0.25) is 9.69 Å². The van der Waals surface area contributed by atoms with E-state index in [1.807, 2.05) is 20.8 Å².